The Bertz CT molecular complexity index is 687. The predicted molar refractivity (Wildman–Crippen MR) is 81.8 cm³/mol. The van der Waals surface area contributed by atoms with Gasteiger partial charge in [0.05, 0.1) is 4.90 Å². The van der Waals surface area contributed by atoms with Crippen LogP contribution in [0.1, 0.15) is 30.9 Å². The zero-order chi connectivity index (χ0) is 14.6. The fourth-order valence-electron chi connectivity index (χ4n) is 1.75. The highest BCUT2D eigenvalue weighted by Crippen LogP contribution is 2.15. The van der Waals surface area contributed by atoms with E-state index in [4.69, 9.17) is 0 Å². The number of sulfonamides is 1. The SMILES string of the molecule is CC(C)c1ccc(/C=N\S(=O)(=O)c2ccccc2)cc1. The lowest BCUT2D eigenvalue weighted by Crippen LogP contribution is -1.97. The van der Waals surface area contributed by atoms with Crippen molar-refractivity contribution >= 4 is 16.2 Å². The molecule has 20 heavy (non-hydrogen) atoms. The van der Waals surface area contributed by atoms with Crippen LogP contribution in [0.2, 0.25) is 0 Å². The molecule has 4 heteroatoms. The van der Waals surface area contributed by atoms with Crippen LogP contribution in [0.15, 0.2) is 63.9 Å². The van der Waals surface area contributed by atoms with Crippen LogP contribution >= 0.6 is 0 Å². The first-order chi connectivity index (χ1) is 9.49. The fraction of sp³-hybridized carbons (Fsp3) is 0.188. The first-order valence-corrected chi connectivity index (χ1v) is 7.88. The maximum absolute atomic E-state index is 12.0. The van der Waals surface area contributed by atoms with Crippen LogP contribution in [0, 0.1) is 0 Å². The molecule has 0 aliphatic carbocycles. The minimum atomic E-state index is -3.62. The molecule has 2 rings (SSSR count). The molecule has 0 radical (unpaired) electrons. The number of benzene rings is 2. The van der Waals surface area contributed by atoms with Crippen LogP contribution in [0.3, 0.4) is 0 Å². The predicted octanol–water partition coefficient (Wildman–Crippen LogP) is 3.62. The zero-order valence-electron chi connectivity index (χ0n) is 11.5. The summed E-state index contributed by atoms with van der Waals surface area (Å²) in [4.78, 5) is 0.204. The maximum atomic E-state index is 12.0. The first kappa shape index (κ1) is 14.5. The molecular formula is C16H17NO2S. The molecule has 0 saturated heterocycles. The van der Waals surface area contributed by atoms with E-state index < -0.39 is 10.0 Å². The normalized spacial score (nSPS) is 12.2. The Labute approximate surface area is 120 Å². The Hall–Kier alpha value is -1.94. The van der Waals surface area contributed by atoms with Crippen molar-refractivity contribution in [2.24, 2.45) is 4.40 Å². The Morgan fingerprint density at radius 2 is 1.55 bits per heavy atom. The summed E-state index contributed by atoms with van der Waals surface area (Å²) >= 11 is 0. The molecule has 0 aliphatic rings. The molecule has 0 atom stereocenters. The van der Waals surface area contributed by atoms with Crippen molar-refractivity contribution in [3.63, 3.8) is 0 Å². The van der Waals surface area contributed by atoms with Crippen molar-refractivity contribution in [2.75, 3.05) is 0 Å². The molecule has 0 aliphatic heterocycles. The fourth-order valence-corrected chi connectivity index (χ4v) is 2.63. The summed E-state index contributed by atoms with van der Waals surface area (Å²) in [7, 11) is -3.62. The number of rotatable bonds is 4. The molecule has 2 aromatic rings. The smallest absolute Gasteiger partial charge is 0.199 e. The van der Waals surface area contributed by atoms with Gasteiger partial charge in [-0.25, -0.2) is 0 Å². The number of nitrogens with zero attached hydrogens (tertiary/aromatic N) is 1. The Balaban J connectivity index is 2.21. The molecule has 2 aromatic carbocycles. The second-order valence-corrected chi connectivity index (χ2v) is 6.48. The summed E-state index contributed by atoms with van der Waals surface area (Å²) in [5.74, 6) is 0.453. The summed E-state index contributed by atoms with van der Waals surface area (Å²) in [6, 6.07) is 15.9. The van der Waals surface area contributed by atoms with Gasteiger partial charge in [-0.1, -0.05) is 56.3 Å². The lowest BCUT2D eigenvalue weighted by atomic mass is 10.0. The molecule has 0 spiro atoms. The summed E-state index contributed by atoms with van der Waals surface area (Å²) in [5.41, 5.74) is 1.99. The lowest BCUT2D eigenvalue weighted by molar-refractivity contribution is 0.598. The van der Waals surface area contributed by atoms with Gasteiger partial charge in [0.15, 0.2) is 0 Å². The van der Waals surface area contributed by atoms with Gasteiger partial charge in [-0.2, -0.15) is 12.8 Å². The highest BCUT2D eigenvalue weighted by atomic mass is 32.2. The van der Waals surface area contributed by atoms with Crippen molar-refractivity contribution in [1.82, 2.24) is 0 Å². The topological polar surface area (TPSA) is 46.5 Å². The van der Waals surface area contributed by atoms with Gasteiger partial charge in [-0.05, 0) is 29.2 Å². The third-order valence-electron chi connectivity index (χ3n) is 2.98. The highest BCUT2D eigenvalue weighted by molar-refractivity contribution is 7.90. The van der Waals surface area contributed by atoms with E-state index in [1.54, 1.807) is 18.2 Å². The molecule has 0 unspecified atom stereocenters. The minimum Gasteiger partial charge on any atom is -0.199 e. The van der Waals surface area contributed by atoms with Crippen molar-refractivity contribution in [3.8, 4) is 0 Å². The average Bonchev–Trinajstić information content (AvgIpc) is 2.46. The first-order valence-electron chi connectivity index (χ1n) is 6.44. The summed E-state index contributed by atoms with van der Waals surface area (Å²) < 4.78 is 27.7. The third-order valence-corrected chi connectivity index (χ3v) is 4.24. The van der Waals surface area contributed by atoms with E-state index in [-0.39, 0.29) is 4.90 Å². The van der Waals surface area contributed by atoms with Crippen LogP contribution in [-0.2, 0) is 10.0 Å². The maximum Gasteiger partial charge on any atom is 0.282 e. The molecule has 3 nitrogen and oxygen atoms in total. The van der Waals surface area contributed by atoms with E-state index in [0.717, 1.165) is 5.56 Å². The van der Waals surface area contributed by atoms with Crippen molar-refractivity contribution in [3.05, 3.63) is 65.7 Å². The van der Waals surface area contributed by atoms with Gasteiger partial charge in [0.1, 0.15) is 0 Å². The van der Waals surface area contributed by atoms with Crippen LogP contribution in [0.5, 0.6) is 0 Å². The quantitative estimate of drug-likeness (QED) is 0.806. The standard InChI is InChI=1S/C16H17NO2S/c1-13(2)15-10-8-14(9-11-15)12-17-20(18,19)16-6-4-3-5-7-16/h3-13H,1-2H3/b17-12-. The van der Waals surface area contributed by atoms with Crippen LogP contribution in [-0.4, -0.2) is 14.6 Å². The summed E-state index contributed by atoms with van der Waals surface area (Å²) in [5, 5.41) is 0. The second-order valence-electron chi connectivity index (χ2n) is 4.84. The monoisotopic (exact) mass is 287 g/mol. The molecule has 0 aromatic heterocycles. The number of hydrogen-bond donors (Lipinski definition) is 0. The van der Waals surface area contributed by atoms with Gasteiger partial charge in [0, 0.05) is 6.21 Å². The van der Waals surface area contributed by atoms with Crippen molar-refractivity contribution in [2.45, 2.75) is 24.7 Å². The van der Waals surface area contributed by atoms with E-state index >= 15 is 0 Å². The molecule has 0 amide bonds. The Kier molecular flexibility index (Phi) is 4.35. The van der Waals surface area contributed by atoms with Gasteiger partial charge >= 0.3 is 0 Å². The zero-order valence-corrected chi connectivity index (χ0v) is 12.3. The van der Waals surface area contributed by atoms with E-state index in [1.807, 2.05) is 24.3 Å². The molecule has 0 bridgehead atoms. The molecule has 0 N–H and O–H groups in total. The summed E-state index contributed by atoms with van der Waals surface area (Å²) in [6.07, 6.45) is 1.38. The van der Waals surface area contributed by atoms with Gasteiger partial charge in [0.2, 0.25) is 0 Å². The van der Waals surface area contributed by atoms with Crippen molar-refractivity contribution < 1.29 is 8.42 Å². The molecular weight excluding hydrogens is 270 g/mol. The average molecular weight is 287 g/mol. The van der Waals surface area contributed by atoms with Crippen LogP contribution in [0.4, 0.5) is 0 Å². The van der Waals surface area contributed by atoms with E-state index in [0.29, 0.717) is 5.92 Å². The van der Waals surface area contributed by atoms with Gasteiger partial charge in [-0.15, -0.1) is 0 Å². The third kappa shape index (κ3) is 3.54. The summed E-state index contributed by atoms with van der Waals surface area (Å²) in [6.45, 7) is 4.23. The minimum absolute atomic E-state index is 0.204. The van der Waals surface area contributed by atoms with Gasteiger partial charge < -0.3 is 0 Å². The Morgan fingerprint density at radius 3 is 2.10 bits per heavy atom. The van der Waals surface area contributed by atoms with E-state index in [1.165, 1.54) is 23.9 Å². The molecule has 0 heterocycles. The van der Waals surface area contributed by atoms with Gasteiger partial charge in [0.25, 0.3) is 10.0 Å². The largest absolute Gasteiger partial charge is 0.282 e. The van der Waals surface area contributed by atoms with E-state index in [2.05, 4.69) is 18.2 Å². The second kappa shape index (κ2) is 6.01. The molecule has 0 fully saturated rings. The molecule has 0 saturated carbocycles. The van der Waals surface area contributed by atoms with E-state index in [9.17, 15) is 8.42 Å². The lowest BCUT2D eigenvalue weighted by Gasteiger charge is -2.04. The van der Waals surface area contributed by atoms with Gasteiger partial charge in [-0.3, -0.25) is 0 Å². The Morgan fingerprint density at radius 1 is 0.950 bits per heavy atom. The molecule has 104 valence electrons. The van der Waals surface area contributed by atoms with Crippen molar-refractivity contribution in [1.29, 1.82) is 0 Å². The van der Waals surface area contributed by atoms with Crippen LogP contribution in [0.25, 0.3) is 0 Å². The number of hydrogen-bond acceptors (Lipinski definition) is 2. The highest BCUT2D eigenvalue weighted by Gasteiger charge is 2.10. The van der Waals surface area contributed by atoms with Crippen LogP contribution < -0.4 is 0 Å².